The monoisotopic (exact) mass is 342 g/mol. The Morgan fingerprint density at radius 1 is 1.22 bits per heavy atom. The molecule has 0 bridgehead atoms. The van der Waals surface area contributed by atoms with Crippen LogP contribution in [0.2, 0.25) is 5.02 Å². The van der Waals surface area contributed by atoms with Crippen LogP contribution in [0.5, 0.6) is 0 Å². The van der Waals surface area contributed by atoms with E-state index in [4.69, 9.17) is 11.6 Å². The van der Waals surface area contributed by atoms with Crippen LogP contribution in [0.15, 0.2) is 45.8 Å². The van der Waals surface area contributed by atoms with Gasteiger partial charge in [-0.25, -0.2) is 4.79 Å². The number of benzene rings is 2. The summed E-state index contributed by atoms with van der Waals surface area (Å²) >= 11 is 13.8. The molecule has 0 aliphatic rings. The molecule has 0 radical (unpaired) electrons. The highest BCUT2D eigenvalue weighted by atomic mass is 79.9. The molecule has 0 saturated heterocycles. The lowest BCUT2D eigenvalue weighted by Crippen LogP contribution is -2.01. The molecule has 2 aromatic rings. The molecule has 18 heavy (non-hydrogen) atoms. The largest absolute Gasteiger partial charge is 0.478 e. The highest BCUT2D eigenvalue weighted by molar-refractivity contribution is 9.10. The average molecular weight is 344 g/mol. The highest BCUT2D eigenvalue weighted by Gasteiger charge is 2.18. The van der Waals surface area contributed by atoms with Gasteiger partial charge in [0.25, 0.3) is 0 Å². The second-order valence-corrected chi connectivity index (χ2v) is 5.31. The number of thiol groups is 1. The van der Waals surface area contributed by atoms with E-state index in [2.05, 4.69) is 28.6 Å². The number of rotatable bonds is 2. The zero-order valence-electron chi connectivity index (χ0n) is 9.02. The van der Waals surface area contributed by atoms with E-state index >= 15 is 0 Å². The summed E-state index contributed by atoms with van der Waals surface area (Å²) in [5.41, 5.74) is 1.35. The van der Waals surface area contributed by atoms with Crippen LogP contribution in [-0.2, 0) is 0 Å². The van der Waals surface area contributed by atoms with Crippen molar-refractivity contribution < 1.29 is 9.90 Å². The number of carboxylic acid groups (broad SMARTS) is 1. The number of carbonyl (C=O) groups is 1. The second-order valence-electron chi connectivity index (χ2n) is 3.60. The van der Waals surface area contributed by atoms with Crippen molar-refractivity contribution in [2.24, 2.45) is 0 Å². The maximum absolute atomic E-state index is 11.3. The predicted octanol–water partition coefficient (Wildman–Crippen LogP) is 4.76. The Hall–Kier alpha value is -0.970. The van der Waals surface area contributed by atoms with Crippen LogP contribution in [0, 0.1) is 0 Å². The maximum atomic E-state index is 11.3. The predicted molar refractivity (Wildman–Crippen MR) is 78.8 cm³/mol. The molecule has 0 heterocycles. The first kappa shape index (κ1) is 13.5. The molecule has 2 rings (SSSR count). The molecule has 2 nitrogen and oxygen atoms in total. The van der Waals surface area contributed by atoms with Crippen LogP contribution in [0.3, 0.4) is 0 Å². The van der Waals surface area contributed by atoms with Gasteiger partial charge in [0.2, 0.25) is 0 Å². The number of carboxylic acids is 1. The number of halogens is 2. The van der Waals surface area contributed by atoms with Crippen LogP contribution >= 0.6 is 40.2 Å². The standard InChI is InChI=1S/C13H8BrClO2S/c14-9-6-5-8(13(16)17)11(12(9)18)7-3-1-2-4-10(7)15/h1-6,18H,(H,16,17). The van der Waals surface area contributed by atoms with E-state index in [1.165, 1.54) is 6.07 Å². The Morgan fingerprint density at radius 2 is 1.89 bits per heavy atom. The van der Waals surface area contributed by atoms with Gasteiger partial charge >= 0.3 is 5.97 Å². The average Bonchev–Trinajstić information content (AvgIpc) is 2.33. The van der Waals surface area contributed by atoms with E-state index < -0.39 is 5.97 Å². The summed E-state index contributed by atoms with van der Waals surface area (Å²) in [7, 11) is 0. The molecule has 0 unspecified atom stereocenters. The van der Waals surface area contributed by atoms with Gasteiger partial charge in [-0.15, -0.1) is 12.6 Å². The normalized spacial score (nSPS) is 10.4. The van der Waals surface area contributed by atoms with Gasteiger partial charge in [0.1, 0.15) is 0 Å². The Bertz CT molecular complexity index is 628. The Kier molecular flexibility index (Phi) is 4.00. The van der Waals surface area contributed by atoms with Crippen molar-refractivity contribution in [1.82, 2.24) is 0 Å². The third-order valence-corrected chi connectivity index (χ3v) is 4.26. The minimum absolute atomic E-state index is 0.177. The van der Waals surface area contributed by atoms with Crippen LogP contribution in [0.1, 0.15) is 10.4 Å². The van der Waals surface area contributed by atoms with Gasteiger partial charge in [-0.05, 0) is 34.1 Å². The fraction of sp³-hybridized carbons (Fsp3) is 0. The minimum Gasteiger partial charge on any atom is -0.478 e. The third kappa shape index (κ3) is 2.41. The lowest BCUT2D eigenvalue weighted by Gasteiger charge is -2.12. The van der Waals surface area contributed by atoms with Crippen molar-refractivity contribution in [1.29, 1.82) is 0 Å². The molecule has 92 valence electrons. The van der Waals surface area contributed by atoms with Gasteiger partial charge in [0.15, 0.2) is 0 Å². The highest BCUT2D eigenvalue weighted by Crippen LogP contribution is 2.38. The summed E-state index contributed by atoms with van der Waals surface area (Å²) in [6, 6.07) is 10.3. The van der Waals surface area contributed by atoms with Gasteiger partial charge in [-0.3, -0.25) is 0 Å². The van der Waals surface area contributed by atoms with Crippen molar-refractivity contribution in [3.05, 3.63) is 51.5 Å². The van der Waals surface area contributed by atoms with E-state index in [-0.39, 0.29) is 5.56 Å². The maximum Gasteiger partial charge on any atom is 0.336 e. The quantitative estimate of drug-likeness (QED) is 0.772. The van der Waals surface area contributed by atoms with Gasteiger partial charge in [-0.1, -0.05) is 29.8 Å². The molecule has 0 saturated carbocycles. The van der Waals surface area contributed by atoms with Gasteiger partial charge in [-0.2, -0.15) is 0 Å². The summed E-state index contributed by atoms with van der Waals surface area (Å²) in [5, 5.41) is 9.73. The molecular formula is C13H8BrClO2S. The van der Waals surface area contributed by atoms with E-state index in [1.807, 2.05) is 0 Å². The number of aromatic carboxylic acids is 1. The van der Waals surface area contributed by atoms with Gasteiger partial charge in [0.05, 0.1) is 5.56 Å². The smallest absolute Gasteiger partial charge is 0.336 e. The Morgan fingerprint density at radius 3 is 2.50 bits per heavy atom. The van der Waals surface area contributed by atoms with Crippen molar-refractivity contribution in [2.45, 2.75) is 4.90 Å². The van der Waals surface area contributed by atoms with Crippen LogP contribution < -0.4 is 0 Å². The molecule has 0 spiro atoms. The van der Waals surface area contributed by atoms with E-state index in [0.29, 0.717) is 21.0 Å². The zero-order chi connectivity index (χ0) is 13.3. The van der Waals surface area contributed by atoms with E-state index in [0.717, 1.165) is 4.47 Å². The van der Waals surface area contributed by atoms with E-state index in [9.17, 15) is 9.90 Å². The Balaban J connectivity index is 2.81. The molecule has 0 amide bonds. The molecule has 0 aliphatic carbocycles. The third-order valence-electron chi connectivity index (χ3n) is 2.50. The molecular weight excluding hydrogens is 336 g/mol. The Labute approximate surface area is 123 Å². The summed E-state index contributed by atoms with van der Waals surface area (Å²) < 4.78 is 0.728. The number of hydrogen-bond acceptors (Lipinski definition) is 2. The fourth-order valence-electron chi connectivity index (χ4n) is 1.68. The van der Waals surface area contributed by atoms with Crippen molar-refractivity contribution in [3.63, 3.8) is 0 Å². The first-order chi connectivity index (χ1) is 8.52. The zero-order valence-corrected chi connectivity index (χ0v) is 12.3. The van der Waals surface area contributed by atoms with Gasteiger partial charge < -0.3 is 5.11 Å². The second kappa shape index (κ2) is 5.34. The summed E-state index contributed by atoms with van der Waals surface area (Å²) in [5.74, 6) is -1.01. The van der Waals surface area contributed by atoms with Crippen molar-refractivity contribution in [3.8, 4) is 11.1 Å². The molecule has 1 N–H and O–H groups in total. The molecule has 0 atom stereocenters. The molecule has 0 aliphatic heterocycles. The first-order valence-electron chi connectivity index (χ1n) is 5.02. The van der Waals surface area contributed by atoms with Crippen molar-refractivity contribution >= 4 is 46.1 Å². The topological polar surface area (TPSA) is 37.3 Å². The molecule has 5 heteroatoms. The first-order valence-corrected chi connectivity index (χ1v) is 6.64. The van der Waals surface area contributed by atoms with Crippen LogP contribution in [-0.4, -0.2) is 11.1 Å². The summed E-state index contributed by atoms with van der Waals surface area (Å²) in [6.45, 7) is 0. The lowest BCUT2D eigenvalue weighted by molar-refractivity contribution is 0.0697. The lowest BCUT2D eigenvalue weighted by atomic mass is 9.99. The SMILES string of the molecule is O=C(O)c1ccc(Br)c(S)c1-c1ccccc1Cl. The molecule has 2 aromatic carbocycles. The van der Waals surface area contributed by atoms with Crippen LogP contribution in [0.25, 0.3) is 11.1 Å². The molecule has 0 fully saturated rings. The minimum atomic E-state index is -1.01. The van der Waals surface area contributed by atoms with E-state index in [1.54, 1.807) is 30.3 Å². The fourth-order valence-corrected chi connectivity index (χ4v) is 2.56. The molecule has 0 aromatic heterocycles. The summed E-state index contributed by atoms with van der Waals surface area (Å²) in [4.78, 5) is 11.8. The van der Waals surface area contributed by atoms with Crippen LogP contribution in [0.4, 0.5) is 0 Å². The summed E-state index contributed by atoms with van der Waals surface area (Å²) in [6.07, 6.45) is 0. The number of hydrogen-bond donors (Lipinski definition) is 2. The van der Waals surface area contributed by atoms with Crippen molar-refractivity contribution in [2.75, 3.05) is 0 Å². The van der Waals surface area contributed by atoms with Gasteiger partial charge in [0, 0.05) is 25.5 Å².